The van der Waals surface area contributed by atoms with Crippen molar-refractivity contribution in [3.05, 3.63) is 0 Å². The van der Waals surface area contributed by atoms with Crippen molar-refractivity contribution in [1.82, 2.24) is 4.90 Å². The van der Waals surface area contributed by atoms with Crippen LogP contribution in [0.2, 0.25) is 0 Å². The summed E-state index contributed by atoms with van der Waals surface area (Å²) < 4.78 is 0. The molecule has 2 nitrogen and oxygen atoms in total. The predicted octanol–water partition coefficient (Wildman–Crippen LogP) is 0.428. The van der Waals surface area contributed by atoms with E-state index >= 15 is 0 Å². The molecule has 0 saturated carbocycles. The van der Waals surface area contributed by atoms with Gasteiger partial charge in [-0.2, -0.15) is 0 Å². The van der Waals surface area contributed by atoms with Crippen LogP contribution in [0.15, 0.2) is 0 Å². The minimum atomic E-state index is 0.373. The molecule has 2 heteroatoms. The summed E-state index contributed by atoms with van der Waals surface area (Å²) >= 11 is 0. The normalized spacial score (nSPS) is 36.3. The van der Waals surface area contributed by atoms with Crippen molar-refractivity contribution in [2.75, 3.05) is 13.1 Å². The molecule has 1 saturated heterocycles. The number of rotatable bonds is 3. The second-order valence-corrected chi connectivity index (χ2v) is 3.11. The van der Waals surface area contributed by atoms with E-state index in [0.717, 1.165) is 12.5 Å². The summed E-state index contributed by atoms with van der Waals surface area (Å²) in [5.74, 6) is 0. The van der Waals surface area contributed by atoms with Gasteiger partial charge in [0, 0.05) is 18.6 Å². The lowest BCUT2D eigenvalue weighted by Gasteiger charge is -2.04. The van der Waals surface area contributed by atoms with Crippen LogP contribution in [-0.2, 0) is 0 Å². The van der Waals surface area contributed by atoms with Gasteiger partial charge in [-0.3, -0.25) is 4.90 Å². The van der Waals surface area contributed by atoms with Gasteiger partial charge in [0.15, 0.2) is 0 Å². The lowest BCUT2D eigenvalue weighted by atomic mass is 10.2. The predicted molar refractivity (Wildman–Crippen MR) is 39.3 cm³/mol. The standard InChI is InChI=1S/C7H16N2/c1-6(8)3-4-9-5-7(9)2/h6-7H,3-5,8H2,1-2H3. The van der Waals surface area contributed by atoms with Crippen molar-refractivity contribution in [2.45, 2.75) is 32.4 Å². The Morgan fingerprint density at radius 2 is 2.33 bits per heavy atom. The molecule has 0 amide bonds. The van der Waals surface area contributed by atoms with Gasteiger partial charge in [0.25, 0.3) is 0 Å². The van der Waals surface area contributed by atoms with Gasteiger partial charge in [0.05, 0.1) is 0 Å². The van der Waals surface area contributed by atoms with Crippen molar-refractivity contribution in [1.29, 1.82) is 0 Å². The van der Waals surface area contributed by atoms with Gasteiger partial charge in [0.2, 0.25) is 0 Å². The first-order valence-electron chi connectivity index (χ1n) is 3.70. The van der Waals surface area contributed by atoms with Gasteiger partial charge in [-0.1, -0.05) is 0 Å². The van der Waals surface area contributed by atoms with Crippen molar-refractivity contribution in [3.63, 3.8) is 0 Å². The molecule has 0 radical (unpaired) electrons. The lowest BCUT2D eigenvalue weighted by Crippen LogP contribution is -2.19. The number of hydrogen-bond donors (Lipinski definition) is 1. The maximum Gasteiger partial charge on any atom is 0.0195 e. The zero-order valence-electron chi connectivity index (χ0n) is 6.30. The summed E-state index contributed by atoms with van der Waals surface area (Å²) in [7, 11) is 0. The molecule has 0 bridgehead atoms. The van der Waals surface area contributed by atoms with E-state index in [4.69, 9.17) is 5.73 Å². The molecule has 0 aromatic carbocycles. The monoisotopic (exact) mass is 128 g/mol. The summed E-state index contributed by atoms with van der Waals surface area (Å²) in [4.78, 5) is 2.43. The van der Waals surface area contributed by atoms with Gasteiger partial charge < -0.3 is 5.73 Å². The molecule has 2 N–H and O–H groups in total. The molecule has 1 heterocycles. The molecule has 0 aromatic heterocycles. The first-order valence-corrected chi connectivity index (χ1v) is 3.70. The van der Waals surface area contributed by atoms with E-state index in [1.54, 1.807) is 0 Å². The van der Waals surface area contributed by atoms with E-state index < -0.39 is 0 Å². The smallest absolute Gasteiger partial charge is 0.0195 e. The van der Waals surface area contributed by atoms with E-state index in [0.29, 0.717) is 6.04 Å². The molecule has 9 heavy (non-hydrogen) atoms. The highest BCUT2D eigenvalue weighted by molar-refractivity contribution is 4.84. The van der Waals surface area contributed by atoms with E-state index in [1.165, 1.54) is 13.1 Å². The molecular formula is C7H16N2. The Kier molecular flexibility index (Phi) is 2.09. The van der Waals surface area contributed by atoms with Crippen molar-refractivity contribution < 1.29 is 0 Å². The van der Waals surface area contributed by atoms with Crippen LogP contribution in [0, 0.1) is 0 Å². The largest absolute Gasteiger partial charge is 0.328 e. The summed E-state index contributed by atoms with van der Waals surface area (Å²) in [6, 6.07) is 1.21. The third-order valence-electron chi connectivity index (χ3n) is 1.86. The maximum absolute atomic E-state index is 5.59. The minimum Gasteiger partial charge on any atom is -0.328 e. The first-order chi connectivity index (χ1) is 4.20. The number of nitrogens with zero attached hydrogens (tertiary/aromatic N) is 1. The zero-order chi connectivity index (χ0) is 6.85. The summed E-state index contributed by atoms with van der Waals surface area (Å²) in [5.41, 5.74) is 5.59. The van der Waals surface area contributed by atoms with Crippen LogP contribution < -0.4 is 5.73 Å². The number of nitrogens with two attached hydrogens (primary N) is 1. The minimum absolute atomic E-state index is 0.373. The molecule has 1 rings (SSSR count). The Morgan fingerprint density at radius 3 is 2.67 bits per heavy atom. The summed E-state index contributed by atoms with van der Waals surface area (Å²) in [5, 5.41) is 0. The van der Waals surface area contributed by atoms with Gasteiger partial charge in [-0.25, -0.2) is 0 Å². The molecule has 1 fully saturated rings. The fourth-order valence-corrected chi connectivity index (χ4v) is 0.973. The van der Waals surface area contributed by atoms with Crippen LogP contribution in [0.1, 0.15) is 20.3 Å². The van der Waals surface area contributed by atoms with Crippen molar-refractivity contribution in [2.24, 2.45) is 5.73 Å². The Bertz CT molecular complexity index is 90.9. The zero-order valence-corrected chi connectivity index (χ0v) is 6.30. The van der Waals surface area contributed by atoms with E-state index in [-0.39, 0.29) is 0 Å². The van der Waals surface area contributed by atoms with Crippen LogP contribution in [0.5, 0.6) is 0 Å². The lowest BCUT2D eigenvalue weighted by molar-refractivity contribution is 0.474. The molecule has 1 aliphatic heterocycles. The average Bonchev–Trinajstić information content (AvgIpc) is 2.42. The Labute approximate surface area is 57.0 Å². The van der Waals surface area contributed by atoms with Crippen molar-refractivity contribution in [3.8, 4) is 0 Å². The van der Waals surface area contributed by atoms with Crippen LogP contribution >= 0.6 is 0 Å². The quantitative estimate of drug-likeness (QED) is 0.558. The Hall–Kier alpha value is -0.0800. The Balaban J connectivity index is 1.94. The third kappa shape index (κ3) is 2.33. The SMILES string of the molecule is CC(N)CCN1CC1C. The molecular weight excluding hydrogens is 112 g/mol. The molecule has 0 spiro atoms. The number of hydrogen-bond acceptors (Lipinski definition) is 2. The molecule has 0 aliphatic carbocycles. The topological polar surface area (TPSA) is 29.0 Å². The maximum atomic E-state index is 5.59. The summed E-state index contributed by atoms with van der Waals surface area (Å²) in [6.07, 6.45) is 1.14. The van der Waals surface area contributed by atoms with Gasteiger partial charge in [0.1, 0.15) is 0 Å². The average molecular weight is 128 g/mol. The van der Waals surface area contributed by atoms with Crippen LogP contribution in [0.4, 0.5) is 0 Å². The highest BCUT2D eigenvalue weighted by Gasteiger charge is 2.27. The fourth-order valence-electron chi connectivity index (χ4n) is 0.973. The highest BCUT2D eigenvalue weighted by atomic mass is 15.3. The van der Waals surface area contributed by atoms with Gasteiger partial charge in [-0.15, -0.1) is 0 Å². The molecule has 0 aromatic rings. The van der Waals surface area contributed by atoms with Crippen LogP contribution in [-0.4, -0.2) is 30.1 Å². The summed E-state index contributed by atoms with van der Waals surface area (Å²) in [6.45, 7) is 6.79. The van der Waals surface area contributed by atoms with E-state index in [2.05, 4.69) is 18.7 Å². The highest BCUT2D eigenvalue weighted by Crippen LogP contribution is 2.15. The van der Waals surface area contributed by atoms with Crippen LogP contribution in [0.3, 0.4) is 0 Å². The Morgan fingerprint density at radius 1 is 1.78 bits per heavy atom. The first kappa shape index (κ1) is 7.03. The van der Waals surface area contributed by atoms with Gasteiger partial charge >= 0.3 is 0 Å². The van der Waals surface area contributed by atoms with E-state index in [1.807, 2.05) is 0 Å². The van der Waals surface area contributed by atoms with E-state index in [9.17, 15) is 0 Å². The second kappa shape index (κ2) is 2.67. The fraction of sp³-hybridized carbons (Fsp3) is 1.00. The molecule has 1 aliphatic rings. The van der Waals surface area contributed by atoms with Gasteiger partial charge in [-0.05, 0) is 26.8 Å². The van der Waals surface area contributed by atoms with Crippen LogP contribution in [0.25, 0.3) is 0 Å². The molecule has 54 valence electrons. The third-order valence-corrected chi connectivity index (χ3v) is 1.86. The molecule has 3 unspecified atom stereocenters. The molecule has 3 atom stereocenters. The second-order valence-electron chi connectivity index (χ2n) is 3.11. The van der Waals surface area contributed by atoms with Crippen molar-refractivity contribution >= 4 is 0 Å².